The monoisotopic (exact) mass is 330 g/mol. The van der Waals surface area contributed by atoms with Gasteiger partial charge in [0.25, 0.3) is 0 Å². The molecule has 1 aromatic carbocycles. The van der Waals surface area contributed by atoms with Crippen LogP contribution in [-0.4, -0.2) is 6.03 Å². The first-order valence-electron chi connectivity index (χ1n) is 5.87. The van der Waals surface area contributed by atoms with Crippen LogP contribution in [-0.2, 0) is 6.54 Å². The molecular weight excluding hydrogens is 315 g/mol. The lowest BCUT2D eigenvalue weighted by molar-refractivity contribution is 0.242. The van der Waals surface area contributed by atoms with E-state index in [1.165, 1.54) is 6.07 Å². The van der Waals surface area contributed by atoms with E-state index in [1.807, 2.05) is 0 Å². The van der Waals surface area contributed by atoms with Gasteiger partial charge in [0.1, 0.15) is 4.90 Å². The van der Waals surface area contributed by atoms with E-state index in [-0.39, 0.29) is 12.1 Å². The molecule has 0 fully saturated rings. The third-order valence-electron chi connectivity index (χ3n) is 2.51. The van der Waals surface area contributed by atoms with E-state index in [2.05, 4.69) is 17.2 Å². The number of hydrogen-bond acceptors (Lipinski definition) is 1. The molecule has 2 amide bonds. The van der Waals surface area contributed by atoms with Crippen molar-refractivity contribution >= 4 is 16.3 Å². The quantitative estimate of drug-likeness (QED) is 0.727. The van der Waals surface area contributed by atoms with Crippen LogP contribution < -0.4 is 10.6 Å². The molecule has 3 nitrogen and oxygen atoms in total. The number of benzene rings is 1. The van der Waals surface area contributed by atoms with E-state index < -0.39 is 21.2 Å². The van der Waals surface area contributed by atoms with Crippen LogP contribution in [0.25, 0.3) is 0 Å². The van der Waals surface area contributed by atoms with Crippen molar-refractivity contribution in [2.45, 2.75) is 24.8 Å². The van der Waals surface area contributed by atoms with Crippen molar-refractivity contribution in [2.24, 2.45) is 0 Å². The molecule has 0 aliphatic rings. The van der Waals surface area contributed by atoms with Crippen LogP contribution in [0.4, 0.5) is 24.2 Å². The molecule has 0 heterocycles. The highest BCUT2D eigenvalue weighted by atomic mass is 32.5. The van der Waals surface area contributed by atoms with Gasteiger partial charge in [0.05, 0.1) is 0 Å². The largest absolute Gasteiger partial charge is 0.334 e. The number of allylic oxidation sites excluding steroid dienone is 1. The Bertz CT molecular complexity index is 570. The van der Waals surface area contributed by atoms with Crippen molar-refractivity contribution in [1.29, 1.82) is 0 Å². The van der Waals surface area contributed by atoms with E-state index >= 15 is 0 Å². The molecule has 9 heteroatoms. The maximum Gasteiger partial charge on any atom is 0.319 e. The van der Waals surface area contributed by atoms with Crippen LogP contribution in [0.15, 0.2) is 41.4 Å². The molecule has 0 bridgehead atoms. The number of hydrogen-bond donors (Lipinski definition) is 2. The Labute approximate surface area is 118 Å². The average molecular weight is 330 g/mol. The molecule has 0 saturated heterocycles. The Morgan fingerprint density at radius 2 is 1.86 bits per heavy atom. The number of halogens is 5. The minimum Gasteiger partial charge on any atom is -0.334 e. The van der Waals surface area contributed by atoms with Crippen LogP contribution >= 0.6 is 10.2 Å². The standard InChI is InChI=1S/C12H15F5N2OS/c1-3-9(2)19-12(20)18-8-10-5-4-6-11(7-10)21(13,14,15,16)17/h4-7H,2-3,8H2,1H3,(H2,18,19,20). The van der Waals surface area contributed by atoms with Crippen LogP contribution in [0, 0.1) is 0 Å². The predicted octanol–water partition coefficient (Wildman–Crippen LogP) is 5.07. The SMILES string of the molecule is C=C(CC)NC(=O)NCc1cccc(S(F)(F)(F)(F)F)c1. The molecule has 0 aromatic heterocycles. The zero-order valence-electron chi connectivity index (χ0n) is 11.1. The van der Waals surface area contributed by atoms with Gasteiger partial charge in [-0.25, -0.2) is 4.79 Å². The van der Waals surface area contributed by atoms with Gasteiger partial charge in [-0.05, 0) is 24.1 Å². The number of nitrogens with one attached hydrogen (secondary N) is 2. The van der Waals surface area contributed by atoms with Gasteiger partial charge < -0.3 is 10.6 Å². The number of carbonyl (C=O) groups is 1. The van der Waals surface area contributed by atoms with Crippen LogP contribution in [0.5, 0.6) is 0 Å². The van der Waals surface area contributed by atoms with E-state index in [0.717, 1.165) is 6.07 Å². The van der Waals surface area contributed by atoms with Gasteiger partial charge in [0, 0.05) is 12.2 Å². The maximum absolute atomic E-state index is 12.6. The lowest BCUT2D eigenvalue weighted by Crippen LogP contribution is -2.34. The molecule has 0 saturated carbocycles. The summed E-state index contributed by atoms with van der Waals surface area (Å²) in [5.41, 5.74) is 0.339. The summed E-state index contributed by atoms with van der Waals surface area (Å²) in [6.45, 7) is 4.95. The summed E-state index contributed by atoms with van der Waals surface area (Å²) in [6.07, 6.45) is 0.493. The predicted molar refractivity (Wildman–Crippen MR) is 72.6 cm³/mol. The Balaban J connectivity index is 2.80. The van der Waals surface area contributed by atoms with Gasteiger partial charge in [-0.15, -0.1) is 0 Å². The molecule has 0 atom stereocenters. The molecule has 0 unspecified atom stereocenters. The fourth-order valence-electron chi connectivity index (χ4n) is 1.37. The lowest BCUT2D eigenvalue weighted by Gasteiger charge is -2.40. The number of rotatable bonds is 5. The Hall–Kier alpha value is -1.77. The van der Waals surface area contributed by atoms with Gasteiger partial charge in [0.2, 0.25) is 0 Å². The highest BCUT2D eigenvalue weighted by Gasteiger charge is 2.65. The van der Waals surface area contributed by atoms with Gasteiger partial charge in [-0.3, -0.25) is 0 Å². The summed E-state index contributed by atoms with van der Waals surface area (Å²) in [4.78, 5) is 9.37. The van der Waals surface area contributed by atoms with Gasteiger partial charge in [0.15, 0.2) is 0 Å². The molecule has 1 aromatic rings. The van der Waals surface area contributed by atoms with Crippen molar-refractivity contribution < 1.29 is 24.2 Å². The van der Waals surface area contributed by atoms with Gasteiger partial charge in [-0.2, -0.15) is 0 Å². The third kappa shape index (κ3) is 5.62. The number of carbonyl (C=O) groups excluding carboxylic acids is 1. The summed E-state index contributed by atoms with van der Waals surface area (Å²) < 4.78 is 63.2. The number of amides is 2. The Kier molecular flexibility index (Phi) is 4.03. The fourth-order valence-corrected chi connectivity index (χ4v) is 2.08. The Morgan fingerprint density at radius 3 is 2.38 bits per heavy atom. The molecule has 21 heavy (non-hydrogen) atoms. The molecule has 1 rings (SSSR count). The molecule has 2 N–H and O–H groups in total. The van der Waals surface area contributed by atoms with Gasteiger partial charge >= 0.3 is 16.3 Å². The summed E-state index contributed by atoms with van der Waals surface area (Å²) in [6, 6.07) is 2.05. The molecule has 0 aliphatic heterocycles. The van der Waals surface area contributed by atoms with E-state index in [4.69, 9.17) is 0 Å². The van der Waals surface area contributed by atoms with E-state index in [9.17, 15) is 24.2 Å². The van der Waals surface area contributed by atoms with Crippen molar-refractivity contribution in [3.8, 4) is 0 Å². The molecule has 0 radical (unpaired) electrons. The minimum absolute atomic E-state index is 0.0852. The highest BCUT2D eigenvalue weighted by Crippen LogP contribution is 3.02. The van der Waals surface area contributed by atoms with Crippen LogP contribution in [0.1, 0.15) is 18.9 Å². The lowest BCUT2D eigenvalue weighted by atomic mass is 10.2. The van der Waals surface area contributed by atoms with E-state index in [1.54, 1.807) is 6.92 Å². The zero-order chi connectivity index (χ0) is 16.4. The molecular formula is C12H15F5N2OS. The normalized spacial score (nSPS) is 14.8. The first-order chi connectivity index (χ1) is 9.31. The second kappa shape index (κ2) is 4.90. The third-order valence-corrected chi connectivity index (χ3v) is 3.66. The average Bonchev–Trinajstić information content (AvgIpc) is 2.34. The fraction of sp³-hybridized carbons (Fsp3) is 0.250. The van der Waals surface area contributed by atoms with Crippen molar-refractivity contribution in [3.05, 3.63) is 42.1 Å². The van der Waals surface area contributed by atoms with Crippen molar-refractivity contribution in [2.75, 3.05) is 0 Å². The summed E-state index contributed by atoms with van der Waals surface area (Å²) in [5.74, 6) is 0. The summed E-state index contributed by atoms with van der Waals surface area (Å²) in [5, 5.41) is 4.61. The van der Waals surface area contributed by atoms with Gasteiger partial charge in [-0.1, -0.05) is 45.1 Å². The topological polar surface area (TPSA) is 41.1 Å². The Morgan fingerprint density at radius 1 is 1.24 bits per heavy atom. The minimum atomic E-state index is -9.70. The maximum atomic E-state index is 12.6. The number of urea groups is 1. The molecule has 0 spiro atoms. The van der Waals surface area contributed by atoms with E-state index in [0.29, 0.717) is 24.3 Å². The summed E-state index contributed by atoms with van der Waals surface area (Å²) >= 11 is 0. The second-order valence-electron chi connectivity index (χ2n) is 4.38. The zero-order valence-corrected chi connectivity index (χ0v) is 12.0. The first-order valence-corrected chi connectivity index (χ1v) is 7.82. The van der Waals surface area contributed by atoms with Crippen molar-refractivity contribution in [1.82, 2.24) is 10.6 Å². The second-order valence-corrected chi connectivity index (χ2v) is 6.79. The smallest absolute Gasteiger partial charge is 0.319 e. The highest BCUT2D eigenvalue weighted by molar-refractivity contribution is 8.45. The summed E-state index contributed by atoms with van der Waals surface area (Å²) in [7, 11) is -9.70. The first kappa shape index (κ1) is 17.3. The molecule has 120 valence electrons. The van der Waals surface area contributed by atoms with Crippen LogP contribution in [0.3, 0.4) is 0 Å². The van der Waals surface area contributed by atoms with Crippen LogP contribution in [0.2, 0.25) is 0 Å². The van der Waals surface area contributed by atoms with Crippen molar-refractivity contribution in [3.63, 3.8) is 0 Å². The molecule has 0 aliphatic carbocycles.